The Morgan fingerprint density at radius 2 is 2.06 bits per heavy atom. The quantitative estimate of drug-likeness (QED) is 0.746. The lowest BCUT2D eigenvalue weighted by molar-refractivity contribution is -0.131. The van der Waals surface area contributed by atoms with Gasteiger partial charge in [0, 0.05) is 31.2 Å². The van der Waals surface area contributed by atoms with Crippen LogP contribution in [0.2, 0.25) is 0 Å². The van der Waals surface area contributed by atoms with Gasteiger partial charge < -0.3 is 4.90 Å². The second kappa shape index (κ2) is 4.99. The van der Waals surface area contributed by atoms with Gasteiger partial charge >= 0.3 is 0 Å². The fourth-order valence-corrected chi connectivity index (χ4v) is 3.69. The SMILES string of the molecule is CS(=O)(=O)CC(=O)N1CCCC1C1CCCC1=O. The summed E-state index contributed by atoms with van der Waals surface area (Å²) in [5.74, 6) is -0.612. The van der Waals surface area contributed by atoms with Crippen molar-refractivity contribution >= 4 is 21.5 Å². The zero-order valence-electron chi connectivity index (χ0n) is 10.6. The van der Waals surface area contributed by atoms with Crippen molar-refractivity contribution in [1.29, 1.82) is 0 Å². The number of carbonyl (C=O) groups excluding carboxylic acids is 2. The monoisotopic (exact) mass is 273 g/mol. The van der Waals surface area contributed by atoms with Crippen LogP contribution in [0.25, 0.3) is 0 Å². The van der Waals surface area contributed by atoms with Crippen LogP contribution in [0, 0.1) is 5.92 Å². The number of rotatable bonds is 3. The molecule has 1 saturated carbocycles. The number of ketones is 1. The van der Waals surface area contributed by atoms with Gasteiger partial charge in [-0.15, -0.1) is 0 Å². The van der Waals surface area contributed by atoms with Gasteiger partial charge in [0.1, 0.15) is 11.5 Å². The van der Waals surface area contributed by atoms with Crippen molar-refractivity contribution in [3.05, 3.63) is 0 Å². The van der Waals surface area contributed by atoms with E-state index in [4.69, 9.17) is 0 Å². The molecule has 1 amide bonds. The van der Waals surface area contributed by atoms with Gasteiger partial charge in [-0.2, -0.15) is 0 Å². The molecule has 5 nitrogen and oxygen atoms in total. The van der Waals surface area contributed by atoms with E-state index in [9.17, 15) is 18.0 Å². The highest BCUT2D eigenvalue weighted by Gasteiger charge is 2.40. The van der Waals surface area contributed by atoms with Crippen LogP contribution in [-0.2, 0) is 19.4 Å². The normalized spacial score (nSPS) is 28.9. The first-order valence-electron chi connectivity index (χ1n) is 6.38. The van der Waals surface area contributed by atoms with Crippen LogP contribution in [0.5, 0.6) is 0 Å². The molecule has 2 aliphatic rings. The zero-order chi connectivity index (χ0) is 13.3. The predicted molar refractivity (Wildman–Crippen MR) is 66.8 cm³/mol. The number of Topliss-reactive ketones (excluding diaryl/α,β-unsaturated/α-hetero) is 1. The van der Waals surface area contributed by atoms with Crippen LogP contribution < -0.4 is 0 Å². The zero-order valence-corrected chi connectivity index (χ0v) is 11.4. The molecule has 1 aliphatic carbocycles. The molecule has 0 radical (unpaired) electrons. The summed E-state index contributed by atoms with van der Waals surface area (Å²) >= 11 is 0. The molecule has 1 aliphatic heterocycles. The average molecular weight is 273 g/mol. The summed E-state index contributed by atoms with van der Waals surface area (Å²) in [5, 5.41) is 0. The van der Waals surface area contributed by atoms with Crippen molar-refractivity contribution in [2.45, 2.75) is 38.1 Å². The third kappa shape index (κ3) is 2.91. The second-order valence-electron chi connectivity index (χ2n) is 5.33. The van der Waals surface area contributed by atoms with E-state index in [0.29, 0.717) is 13.0 Å². The molecule has 2 fully saturated rings. The number of amides is 1. The van der Waals surface area contributed by atoms with Crippen molar-refractivity contribution in [2.75, 3.05) is 18.6 Å². The molecule has 2 unspecified atom stereocenters. The minimum Gasteiger partial charge on any atom is -0.338 e. The van der Waals surface area contributed by atoms with Gasteiger partial charge in [-0.1, -0.05) is 0 Å². The smallest absolute Gasteiger partial charge is 0.238 e. The fraction of sp³-hybridized carbons (Fsp3) is 0.833. The van der Waals surface area contributed by atoms with Crippen molar-refractivity contribution in [2.24, 2.45) is 5.92 Å². The van der Waals surface area contributed by atoms with Crippen molar-refractivity contribution in [1.82, 2.24) is 4.90 Å². The number of carbonyl (C=O) groups is 2. The van der Waals surface area contributed by atoms with E-state index in [2.05, 4.69) is 0 Å². The molecule has 0 aromatic rings. The van der Waals surface area contributed by atoms with Crippen LogP contribution in [-0.4, -0.2) is 49.6 Å². The van der Waals surface area contributed by atoms with Crippen LogP contribution >= 0.6 is 0 Å². The van der Waals surface area contributed by atoms with Gasteiger partial charge in [0.15, 0.2) is 9.84 Å². The molecular formula is C12H19NO4S. The number of sulfone groups is 1. The minimum atomic E-state index is -3.30. The topological polar surface area (TPSA) is 71.5 Å². The Bertz CT molecular complexity index is 457. The highest BCUT2D eigenvalue weighted by Crippen LogP contribution is 2.33. The van der Waals surface area contributed by atoms with Gasteiger partial charge in [-0.25, -0.2) is 8.42 Å². The maximum absolute atomic E-state index is 12.0. The molecule has 18 heavy (non-hydrogen) atoms. The van der Waals surface area contributed by atoms with Crippen LogP contribution in [0.1, 0.15) is 32.1 Å². The average Bonchev–Trinajstić information content (AvgIpc) is 2.82. The molecular weight excluding hydrogens is 254 g/mol. The fourth-order valence-electron chi connectivity index (χ4n) is 3.08. The molecule has 0 bridgehead atoms. The molecule has 0 N–H and O–H groups in total. The lowest BCUT2D eigenvalue weighted by atomic mass is 9.95. The first kappa shape index (κ1) is 13.5. The Kier molecular flexibility index (Phi) is 3.75. The van der Waals surface area contributed by atoms with E-state index in [1.54, 1.807) is 4.90 Å². The van der Waals surface area contributed by atoms with E-state index in [1.807, 2.05) is 0 Å². The Labute approximate surface area is 107 Å². The standard InChI is InChI=1S/C12H19NO4S/c1-18(16,17)8-12(15)13-7-3-5-10(13)9-4-2-6-11(9)14/h9-10H,2-8H2,1H3. The summed E-state index contributed by atoms with van der Waals surface area (Å²) in [6.07, 6.45) is 5.10. The predicted octanol–water partition coefficient (Wildman–Crippen LogP) is 0.391. The van der Waals surface area contributed by atoms with Crippen LogP contribution in [0.4, 0.5) is 0 Å². The van der Waals surface area contributed by atoms with Gasteiger partial charge in [-0.05, 0) is 25.7 Å². The number of hydrogen-bond acceptors (Lipinski definition) is 4. The number of likely N-dealkylation sites (tertiary alicyclic amines) is 1. The maximum Gasteiger partial charge on any atom is 0.238 e. The lowest BCUT2D eigenvalue weighted by Crippen LogP contribution is -2.43. The molecule has 6 heteroatoms. The second-order valence-corrected chi connectivity index (χ2v) is 7.47. The summed E-state index contributed by atoms with van der Waals surface area (Å²) in [6, 6.07) is -0.0609. The van der Waals surface area contributed by atoms with Crippen molar-refractivity contribution < 1.29 is 18.0 Å². The minimum absolute atomic E-state index is 0.0592. The summed E-state index contributed by atoms with van der Waals surface area (Å²) in [5.41, 5.74) is 0. The van der Waals surface area contributed by atoms with Gasteiger partial charge in [0.2, 0.25) is 5.91 Å². The third-order valence-corrected chi connectivity index (χ3v) is 4.59. The Balaban J connectivity index is 2.07. The molecule has 1 heterocycles. The summed E-state index contributed by atoms with van der Waals surface area (Å²) < 4.78 is 22.4. The highest BCUT2D eigenvalue weighted by atomic mass is 32.2. The molecule has 1 saturated heterocycles. The molecule has 2 rings (SSSR count). The van der Waals surface area contributed by atoms with E-state index in [-0.39, 0.29) is 23.7 Å². The van der Waals surface area contributed by atoms with E-state index >= 15 is 0 Å². The first-order valence-corrected chi connectivity index (χ1v) is 8.44. The Morgan fingerprint density at radius 3 is 2.61 bits per heavy atom. The van der Waals surface area contributed by atoms with E-state index < -0.39 is 15.6 Å². The summed E-state index contributed by atoms with van der Waals surface area (Å²) in [6.45, 7) is 0.586. The Hall–Kier alpha value is -0.910. The molecule has 0 aromatic carbocycles. The van der Waals surface area contributed by atoms with Crippen LogP contribution in [0.15, 0.2) is 0 Å². The third-order valence-electron chi connectivity index (χ3n) is 3.82. The lowest BCUT2D eigenvalue weighted by Gasteiger charge is -2.28. The largest absolute Gasteiger partial charge is 0.338 e. The van der Waals surface area contributed by atoms with Crippen LogP contribution in [0.3, 0.4) is 0 Å². The Morgan fingerprint density at radius 1 is 1.33 bits per heavy atom. The summed E-state index contributed by atoms with van der Waals surface area (Å²) in [4.78, 5) is 25.3. The molecule has 102 valence electrons. The number of nitrogens with zero attached hydrogens (tertiary/aromatic N) is 1. The molecule has 2 atom stereocenters. The van der Waals surface area contributed by atoms with Gasteiger partial charge in [-0.3, -0.25) is 9.59 Å². The first-order chi connectivity index (χ1) is 8.38. The van der Waals surface area contributed by atoms with E-state index in [1.165, 1.54) is 0 Å². The maximum atomic E-state index is 12.0. The van der Waals surface area contributed by atoms with E-state index in [0.717, 1.165) is 31.9 Å². The van der Waals surface area contributed by atoms with Crippen molar-refractivity contribution in [3.8, 4) is 0 Å². The number of hydrogen-bond donors (Lipinski definition) is 0. The van der Waals surface area contributed by atoms with Crippen molar-refractivity contribution in [3.63, 3.8) is 0 Å². The van der Waals surface area contributed by atoms with Gasteiger partial charge in [0.25, 0.3) is 0 Å². The van der Waals surface area contributed by atoms with Gasteiger partial charge in [0.05, 0.1) is 0 Å². The highest BCUT2D eigenvalue weighted by molar-refractivity contribution is 7.91. The summed E-state index contributed by atoms with van der Waals surface area (Å²) in [7, 11) is -3.30. The molecule has 0 spiro atoms. The molecule has 0 aromatic heterocycles.